The average molecular weight is 254 g/mol. The van der Waals surface area contributed by atoms with Gasteiger partial charge in [-0.2, -0.15) is 0 Å². The van der Waals surface area contributed by atoms with Crippen LogP contribution in [0, 0.1) is 5.92 Å². The third-order valence-corrected chi connectivity index (χ3v) is 3.63. The number of nitrogens with zero attached hydrogens (tertiary/aromatic N) is 1. The van der Waals surface area contributed by atoms with Crippen molar-refractivity contribution < 1.29 is 8.78 Å². The van der Waals surface area contributed by atoms with Crippen molar-refractivity contribution in [3.63, 3.8) is 0 Å². The van der Waals surface area contributed by atoms with Gasteiger partial charge in [-0.3, -0.25) is 4.98 Å². The Morgan fingerprint density at radius 1 is 1.50 bits per heavy atom. The van der Waals surface area contributed by atoms with E-state index in [9.17, 15) is 8.78 Å². The van der Waals surface area contributed by atoms with Gasteiger partial charge < -0.3 is 5.32 Å². The zero-order valence-corrected chi connectivity index (χ0v) is 10.7. The van der Waals surface area contributed by atoms with E-state index in [1.165, 1.54) is 0 Å². The lowest BCUT2D eigenvalue weighted by atomic mass is 9.93. The molecule has 1 saturated carbocycles. The van der Waals surface area contributed by atoms with Crippen LogP contribution in [0.1, 0.15) is 31.9 Å². The molecular weight excluding hydrogens is 234 g/mol. The Morgan fingerprint density at radius 2 is 2.33 bits per heavy atom. The third kappa shape index (κ3) is 3.48. The fraction of sp³-hybridized carbons (Fsp3) is 0.643. The SMILES string of the molecule is CCNC(Cc1ccccn1)C1CCC(F)(F)C1. The largest absolute Gasteiger partial charge is 0.314 e. The molecule has 1 fully saturated rings. The predicted molar refractivity (Wildman–Crippen MR) is 67.7 cm³/mol. The second-order valence-corrected chi connectivity index (χ2v) is 5.05. The fourth-order valence-electron chi connectivity index (χ4n) is 2.74. The summed E-state index contributed by atoms with van der Waals surface area (Å²) >= 11 is 0. The van der Waals surface area contributed by atoms with E-state index >= 15 is 0 Å². The zero-order chi connectivity index (χ0) is 13.0. The molecule has 0 radical (unpaired) electrons. The lowest BCUT2D eigenvalue weighted by molar-refractivity contribution is 0.00331. The summed E-state index contributed by atoms with van der Waals surface area (Å²) in [5.41, 5.74) is 0.971. The highest BCUT2D eigenvalue weighted by molar-refractivity contribution is 5.06. The van der Waals surface area contributed by atoms with Crippen LogP contribution in [-0.2, 0) is 6.42 Å². The summed E-state index contributed by atoms with van der Waals surface area (Å²) in [4.78, 5) is 4.28. The van der Waals surface area contributed by atoms with Crippen LogP contribution < -0.4 is 5.32 Å². The molecule has 0 amide bonds. The molecule has 1 N–H and O–H groups in total. The van der Waals surface area contributed by atoms with Crippen LogP contribution in [0.4, 0.5) is 8.78 Å². The van der Waals surface area contributed by atoms with E-state index in [1.54, 1.807) is 6.20 Å². The van der Waals surface area contributed by atoms with Gasteiger partial charge in [-0.15, -0.1) is 0 Å². The quantitative estimate of drug-likeness (QED) is 0.873. The lowest BCUT2D eigenvalue weighted by Gasteiger charge is -2.24. The minimum atomic E-state index is -2.47. The molecule has 1 aromatic rings. The van der Waals surface area contributed by atoms with Crippen LogP contribution in [0.15, 0.2) is 24.4 Å². The Morgan fingerprint density at radius 3 is 2.89 bits per heavy atom. The Hall–Kier alpha value is -1.03. The summed E-state index contributed by atoms with van der Waals surface area (Å²) in [7, 11) is 0. The topological polar surface area (TPSA) is 24.9 Å². The molecule has 2 unspecified atom stereocenters. The van der Waals surface area contributed by atoms with E-state index in [4.69, 9.17) is 0 Å². The van der Waals surface area contributed by atoms with E-state index in [2.05, 4.69) is 10.3 Å². The summed E-state index contributed by atoms with van der Waals surface area (Å²) in [6.45, 7) is 2.82. The number of hydrogen-bond acceptors (Lipinski definition) is 2. The van der Waals surface area contributed by atoms with Crippen molar-refractivity contribution >= 4 is 0 Å². The monoisotopic (exact) mass is 254 g/mol. The molecule has 0 aromatic carbocycles. The molecule has 2 rings (SSSR count). The Labute approximate surface area is 107 Å². The summed E-state index contributed by atoms with van der Waals surface area (Å²) in [5.74, 6) is -2.41. The molecule has 18 heavy (non-hydrogen) atoms. The first kappa shape index (κ1) is 13.4. The van der Waals surface area contributed by atoms with Crippen molar-refractivity contribution in [2.45, 2.75) is 44.6 Å². The van der Waals surface area contributed by atoms with Crippen molar-refractivity contribution in [3.05, 3.63) is 30.1 Å². The van der Waals surface area contributed by atoms with E-state index in [0.717, 1.165) is 18.7 Å². The molecule has 0 bridgehead atoms. The van der Waals surface area contributed by atoms with Crippen molar-refractivity contribution in [1.82, 2.24) is 10.3 Å². The number of aromatic nitrogens is 1. The highest BCUT2D eigenvalue weighted by Gasteiger charge is 2.42. The van der Waals surface area contributed by atoms with Crippen LogP contribution in [0.25, 0.3) is 0 Å². The first-order valence-electron chi connectivity index (χ1n) is 6.62. The van der Waals surface area contributed by atoms with Crippen molar-refractivity contribution in [1.29, 1.82) is 0 Å². The Bertz CT molecular complexity index is 367. The molecule has 0 spiro atoms. The summed E-state index contributed by atoms with van der Waals surface area (Å²) < 4.78 is 26.6. The molecule has 100 valence electrons. The lowest BCUT2D eigenvalue weighted by Crippen LogP contribution is -2.37. The van der Waals surface area contributed by atoms with Gasteiger partial charge in [0.2, 0.25) is 5.92 Å². The van der Waals surface area contributed by atoms with Crippen LogP contribution in [-0.4, -0.2) is 23.5 Å². The number of hydrogen-bond donors (Lipinski definition) is 1. The van der Waals surface area contributed by atoms with Gasteiger partial charge in [0.15, 0.2) is 0 Å². The van der Waals surface area contributed by atoms with Crippen molar-refractivity contribution in [2.24, 2.45) is 5.92 Å². The van der Waals surface area contributed by atoms with Gasteiger partial charge in [-0.05, 0) is 31.0 Å². The third-order valence-electron chi connectivity index (χ3n) is 3.63. The van der Waals surface area contributed by atoms with E-state index in [0.29, 0.717) is 6.42 Å². The smallest absolute Gasteiger partial charge is 0.248 e. The molecule has 2 nitrogen and oxygen atoms in total. The fourth-order valence-corrected chi connectivity index (χ4v) is 2.74. The average Bonchev–Trinajstić information content (AvgIpc) is 2.70. The Balaban J connectivity index is 2.00. The maximum Gasteiger partial charge on any atom is 0.248 e. The zero-order valence-electron chi connectivity index (χ0n) is 10.7. The van der Waals surface area contributed by atoms with Crippen molar-refractivity contribution in [2.75, 3.05) is 6.54 Å². The summed E-state index contributed by atoms with van der Waals surface area (Å²) in [6, 6.07) is 5.87. The molecular formula is C14H20F2N2. The van der Waals surface area contributed by atoms with Gasteiger partial charge in [0.1, 0.15) is 0 Å². The highest BCUT2D eigenvalue weighted by Crippen LogP contribution is 2.40. The Kier molecular flexibility index (Phi) is 4.27. The van der Waals surface area contributed by atoms with Crippen LogP contribution in [0.2, 0.25) is 0 Å². The van der Waals surface area contributed by atoms with Crippen molar-refractivity contribution in [3.8, 4) is 0 Å². The van der Waals surface area contributed by atoms with E-state index in [-0.39, 0.29) is 24.8 Å². The summed E-state index contributed by atoms with van der Waals surface area (Å²) in [6.07, 6.45) is 3.13. The maximum atomic E-state index is 13.3. The van der Waals surface area contributed by atoms with Gasteiger partial charge in [0, 0.05) is 37.2 Å². The van der Waals surface area contributed by atoms with Crippen LogP contribution >= 0.6 is 0 Å². The van der Waals surface area contributed by atoms with Crippen LogP contribution in [0.5, 0.6) is 0 Å². The number of halogens is 2. The van der Waals surface area contributed by atoms with Crippen LogP contribution in [0.3, 0.4) is 0 Å². The molecule has 1 aromatic heterocycles. The van der Waals surface area contributed by atoms with E-state index in [1.807, 2.05) is 25.1 Å². The minimum absolute atomic E-state index is 0.0114. The van der Waals surface area contributed by atoms with Gasteiger partial charge in [0.05, 0.1) is 0 Å². The maximum absolute atomic E-state index is 13.3. The molecule has 0 aliphatic heterocycles. The van der Waals surface area contributed by atoms with Gasteiger partial charge >= 0.3 is 0 Å². The first-order valence-corrected chi connectivity index (χ1v) is 6.62. The van der Waals surface area contributed by atoms with Gasteiger partial charge in [0.25, 0.3) is 0 Å². The second-order valence-electron chi connectivity index (χ2n) is 5.05. The number of rotatable bonds is 5. The standard InChI is InChI=1S/C14H20F2N2/c1-2-17-13(9-12-5-3-4-8-18-12)11-6-7-14(15,16)10-11/h3-5,8,11,13,17H,2,6-7,9-10H2,1H3. The summed E-state index contributed by atoms with van der Waals surface area (Å²) in [5, 5.41) is 3.34. The molecule has 1 aliphatic carbocycles. The molecule has 1 aliphatic rings. The number of pyridine rings is 1. The molecule has 4 heteroatoms. The first-order chi connectivity index (χ1) is 8.61. The number of alkyl halides is 2. The minimum Gasteiger partial charge on any atom is -0.314 e. The predicted octanol–water partition coefficient (Wildman–Crippen LogP) is 3.04. The number of likely N-dealkylation sites (N-methyl/N-ethyl adjacent to an activating group) is 1. The number of nitrogens with one attached hydrogen (secondary N) is 1. The molecule has 1 heterocycles. The van der Waals surface area contributed by atoms with E-state index < -0.39 is 5.92 Å². The molecule has 2 atom stereocenters. The highest BCUT2D eigenvalue weighted by atomic mass is 19.3. The normalized spacial score (nSPS) is 24.1. The van der Waals surface area contributed by atoms with Gasteiger partial charge in [-0.1, -0.05) is 13.0 Å². The second kappa shape index (κ2) is 5.74. The molecule has 0 saturated heterocycles. The van der Waals surface area contributed by atoms with Gasteiger partial charge in [-0.25, -0.2) is 8.78 Å².